The number of hydrogen-bond donors (Lipinski definition) is 2. The van der Waals surface area contributed by atoms with Crippen molar-refractivity contribution in [3.8, 4) is 0 Å². The van der Waals surface area contributed by atoms with E-state index in [-0.39, 0.29) is 6.03 Å². The fourth-order valence-corrected chi connectivity index (χ4v) is 1.72. The van der Waals surface area contributed by atoms with E-state index in [9.17, 15) is 4.79 Å². The van der Waals surface area contributed by atoms with Crippen LogP contribution in [-0.4, -0.2) is 43.7 Å². The Hall–Kier alpha value is -0.770. The van der Waals surface area contributed by atoms with E-state index in [0.29, 0.717) is 6.04 Å². The highest BCUT2D eigenvalue weighted by Crippen LogP contribution is 2.08. The highest BCUT2D eigenvalue weighted by Gasteiger charge is 2.19. The minimum atomic E-state index is -0.0667. The van der Waals surface area contributed by atoms with Crippen molar-refractivity contribution < 1.29 is 4.79 Å². The highest BCUT2D eigenvalue weighted by molar-refractivity contribution is 5.73. The van der Waals surface area contributed by atoms with Crippen molar-refractivity contribution in [2.75, 3.05) is 26.7 Å². The quantitative estimate of drug-likeness (QED) is 0.654. The number of likely N-dealkylation sites (N-methyl/N-ethyl adjacent to an activating group) is 1. The second-order valence-electron chi connectivity index (χ2n) is 3.46. The Morgan fingerprint density at radius 1 is 1.62 bits per heavy atom. The molecule has 2 amide bonds. The van der Waals surface area contributed by atoms with Gasteiger partial charge in [-0.15, -0.1) is 0 Å². The van der Waals surface area contributed by atoms with Crippen LogP contribution in [0.3, 0.4) is 0 Å². The molecule has 0 radical (unpaired) electrons. The van der Waals surface area contributed by atoms with Gasteiger partial charge in [0.2, 0.25) is 0 Å². The Morgan fingerprint density at radius 3 is 3.00 bits per heavy atom. The van der Waals surface area contributed by atoms with Gasteiger partial charge in [-0.25, -0.2) is 4.79 Å². The van der Waals surface area contributed by atoms with E-state index in [2.05, 4.69) is 22.5 Å². The summed E-state index contributed by atoms with van der Waals surface area (Å²) in [7, 11) is 1.65. The number of carbonyl (C=O) groups excluding carboxylic acids is 1. The van der Waals surface area contributed by atoms with Crippen LogP contribution < -0.4 is 10.6 Å². The maximum absolute atomic E-state index is 11.0. The third-order valence-corrected chi connectivity index (χ3v) is 2.52. The molecule has 76 valence electrons. The summed E-state index contributed by atoms with van der Waals surface area (Å²) in [6, 6.07) is 0.261. The number of likely N-dealkylation sites (tertiary alicyclic amines) is 1. The lowest BCUT2D eigenvalue weighted by Gasteiger charge is -2.32. The van der Waals surface area contributed by atoms with Crippen LogP contribution >= 0.6 is 0 Å². The summed E-state index contributed by atoms with van der Waals surface area (Å²) in [5.41, 5.74) is 0. The summed E-state index contributed by atoms with van der Waals surface area (Å²) in [5.74, 6) is 0. The molecule has 13 heavy (non-hydrogen) atoms. The van der Waals surface area contributed by atoms with Gasteiger partial charge in [-0.05, 0) is 25.9 Å². The van der Waals surface area contributed by atoms with Gasteiger partial charge in [-0.2, -0.15) is 0 Å². The molecule has 1 rings (SSSR count). The number of nitrogens with zero attached hydrogens (tertiary/aromatic N) is 1. The van der Waals surface area contributed by atoms with Crippen molar-refractivity contribution in [2.45, 2.75) is 25.8 Å². The molecule has 1 saturated heterocycles. The van der Waals surface area contributed by atoms with Gasteiger partial charge in [-0.3, -0.25) is 0 Å². The summed E-state index contributed by atoms with van der Waals surface area (Å²) in [6.07, 6.45) is 2.28. The molecular weight excluding hydrogens is 166 g/mol. The number of nitrogens with one attached hydrogen (secondary N) is 2. The molecule has 1 aliphatic heterocycles. The van der Waals surface area contributed by atoms with E-state index in [1.807, 2.05) is 0 Å². The van der Waals surface area contributed by atoms with Crippen molar-refractivity contribution in [1.82, 2.24) is 15.5 Å². The van der Waals surface area contributed by atoms with Gasteiger partial charge in [0.25, 0.3) is 0 Å². The maximum Gasteiger partial charge on any atom is 0.314 e. The summed E-state index contributed by atoms with van der Waals surface area (Å²) < 4.78 is 0. The van der Waals surface area contributed by atoms with E-state index < -0.39 is 0 Å². The first-order valence-corrected chi connectivity index (χ1v) is 4.97. The number of carbonyl (C=O) groups is 1. The third-order valence-electron chi connectivity index (χ3n) is 2.52. The summed E-state index contributed by atoms with van der Waals surface area (Å²) in [4.78, 5) is 13.4. The first kappa shape index (κ1) is 10.3. The molecule has 2 N–H and O–H groups in total. The van der Waals surface area contributed by atoms with E-state index in [1.165, 1.54) is 13.0 Å². The smallest absolute Gasteiger partial charge is 0.314 e. The predicted octanol–water partition coefficient (Wildman–Crippen LogP) is 0.400. The molecule has 0 aromatic heterocycles. The Labute approximate surface area is 79.7 Å². The first-order valence-electron chi connectivity index (χ1n) is 4.97. The number of piperidine rings is 1. The van der Waals surface area contributed by atoms with Gasteiger partial charge < -0.3 is 15.5 Å². The molecule has 1 unspecified atom stereocenters. The Kier molecular flexibility index (Phi) is 4.02. The number of hydrogen-bond acceptors (Lipinski definition) is 2. The normalized spacial score (nSPS) is 24.0. The number of rotatable bonds is 2. The average molecular weight is 185 g/mol. The molecule has 4 nitrogen and oxygen atoms in total. The molecule has 0 saturated carbocycles. The molecule has 1 fully saturated rings. The van der Waals surface area contributed by atoms with Crippen molar-refractivity contribution in [3.05, 3.63) is 0 Å². The molecule has 0 aliphatic carbocycles. The minimum Gasteiger partial charge on any atom is -0.341 e. The van der Waals surface area contributed by atoms with Gasteiger partial charge >= 0.3 is 6.03 Å². The summed E-state index contributed by atoms with van der Waals surface area (Å²) in [5, 5.41) is 5.52. The molecule has 0 aromatic rings. The fraction of sp³-hybridized carbons (Fsp3) is 0.889. The van der Waals surface area contributed by atoms with Gasteiger partial charge in [0.1, 0.15) is 0 Å². The molecule has 0 bridgehead atoms. The van der Waals surface area contributed by atoms with Crippen molar-refractivity contribution in [2.24, 2.45) is 0 Å². The monoisotopic (exact) mass is 185 g/mol. The molecular formula is C9H19N3O. The van der Waals surface area contributed by atoms with Crippen LogP contribution in [0, 0.1) is 0 Å². The zero-order chi connectivity index (χ0) is 9.68. The van der Waals surface area contributed by atoms with Crippen LogP contribution in [0.2, 0.25) is 0 Å². The van der Waals surface area contributed by atoms with Gasteiger partial charge in [0.15, 0.2) is 0 Å². The van der Waals surface area contributed by atoms with Crippen LogP contribution in [-0.2, 0) is 0 Å². The lowest BCUT2D eigenvalue weighted by Crippen LogP contribution is -2.49. The molecule has 4 heteroatoms. The first-order chi connectivity index (χ1) is 6.26. The standard InChI is InChI=1S/C9H19N3O/c1-3-12-6-4-5-8(7-12)11-9(13)10-2/h8H,3-7H2,1-2H3,(H2,10,11,13). The van der Waals surface area contributed by atoms with Crippen molar-refractivity contribution >= 4 is 6.03 Å². The summed E-state index contributed by atoms with van der Waals surface area (Å²) in [6.45, 7) is 5.39. The molecule has 1 aliphatic rings. The van der Waals surface area contributed by atoms with E-state index in [4.69, 9.17) is 0 Å². The maximum atomic E-state index is 11.0. The topological polar surface area (TPSA) is 44.4 Å². The Bertz CT molecular complexity index is 172. The van der Waals surface area contributed by atoms with Crippen molar-refractivity contribution in [1.29, 1.82) is 0 Å². The van der Waals surface area contributed by atoms with Crippen LogP contribution in [0.25, 0.3) is 0 Å². The highest BCUT2D eigenvalue weighted by atomic mass is 16.2. The molecule has 1 heterocycles. The fourth-order valence-electron chi connectivity index (χ4n) is 1.72. The average Bonchev–Trinajstić information content (AvgIpc) is 2.18. The third kappa shape index (κ3) is 3.22. The summed E-state index contributed by atoms with van der Waals surface area (Å²) >= 11 is 0. The molecule has 1 atom stereocenters. The second-order valence-corrected chi connectivity index (χ2v) is 3.46. The SMILES string of the molecule is CCN1CCCC(NC(=O)NC)C1. The number of urea groups is 1. The van der Waals surface area contributed by atoms with Crippen LogP contribution in [0.15, 0.2) is 0 Å². The van der Waals surface area contributed by atoms with Gasteiger partial charge in [0.05, 0.1) is 0 Å². The van der Waals surface area contributed by atoms with Crippen molar-refractivity contribution in [3.63, 3.8) is 0 Å². The van der Waals surface area contributed by atoms with Gasteiger partial charge in [-0.1, -0.05) is 6.92 Å². The van der Waals surface area contributed by atoms with Crippen LogP contribution in [0.5, 0.6) is 0 Å². The lowest BCUT2D eigenvalue weighted by molar-refractivity contribution is 0.193. The molecule has 0 aromatic carbocycles. The second kappa shape index (κ2) is 5.07. The Morgan fingerprint density at radius 2 is 2.38 bits per heavy atom. The zero-order valence-electron chi connectivity index (χ0n) is 8.47. The Balaban J connectivity index is 2.29. The zero-order valence-corrected chi connectivity index (χ0v) is 8.47. The lowest BCUT2D eigenvalue weighted by atomic mass is 10.1. The van der Waals surface area contributed by atoms with Crippen LogP contribution in [0.4, 0.5) is 4.79 Å². The van der Waals surface area contributed by atoms with E-state index >= 15 is 0 Å². The predicted molar refractivity (Wildman–Crippen MR) is 52.7 cm³/mol. The van der Waals surface area contributed by atoms with Gasteiger partial charge in [0, 0.05) is 19.6 Å². The number of amides is 2. The molecule has 0 spiro atoms. The minimum absolute atomic E-state index is 0.0667. The van der Waals surface area contributed by atoms with E-state index in [0.717, 1.165) is 19.5 Å². The van der Waals surface area contributed by atoms with Crippen LogP contribution in [0.1, 0.15) is 19.8 Å². The largest absolute Gasteiger partial charge is 0.341 e. The van der Waals surface area contributed by atoms with E-state index in [1.54, 1.807) is 7.05 Å².